The van der Waals surface area contributed by atoms with Crippen LogP contribution in [0.5, 0.6) is 0 Å². The van der Waals surface area contributed by atoms with Crippen LogP contribution in [0.25, 0.3) is 0 Å². The second-order valence-electron chi connectivity index (χ2n) is 2.14. The van der Waals surface area contributed by atoms with Crippen LogP contribution in [0.2, 0.25) is 0 Å². The van der Waals surface area contributed by atoms with Crippen LogP contribution < -0.4 is 5.32 Å². The first-order chi connectivity index (χ1) is 3.34. The van der Waals surface area contributed by atoms with Crippen molar-refractivity contribution in [2.24, 2.45) is 5.92 Å². The summed E-state index contributed by atoms with van der Waals surface area (Å²) >= 11 is 0. The summed E-state index contributed by atoms with van der Waals surface area (Å²) in [5.41, 5.74) is 0. The summed E-state index contributed by atoms with van der Waals surface area (Å²) < 4.78 is 0. The van der Waals surface area contributed by atoms with Gasteiger partial charge >= 0.3 is 0 Å². The van der Waals surface area contributed by atoms with Crippen molar-refractivity contribution in [3.05, 3.63) is 0 Å². The molecule has 0 aliphatic carbocycles. The van der Waals surface area contributed by atoms with Crippen molar-refractivity contribution in [3.8, 4) is 0 Å². The van der Waals surface area contributed by atoms with Crippen molar-refractivity contribution in [1.29, 1.82) is 0 Å². The van der Waals surface area contributed by atoms with Crippen molar-refractivity contribution in [2.75, 3.05) is 13.2 Å². The van der Waals surface area contributed by atoms with Gasteiger partial charge in [-0.2, -0.15) is 0 Å². The van der Waals surface area contributed by atoms with E-state index in [2.05, 4.69) is 12.2 Å². The number of rotatable bonds is 1. The fraction of sp³-hybridized carbons (Fsp3) is 1.00. The first kappa shape index (κ1) is 5.06. The fourth-order valence-electron chi connectivity index (χ4n) is 0.743. The monoisotopic (exact) mass is 101 g/mol. The lowest BCUT2D eigenvalue weighted by Gasteiger charge is -2.33. The molecule has 2 heteroatoms. The Kier molecular flexibility index (Phi) is 1.30. The van der Waals surface area contributed by atoms with E-state index in [9.17, 15) is 0 Å². The molecule has 0 spiro atoms. The Labute approximate surface area is 43.5 Å². The molecule has 0 aromatic heterocycles. The average Bonchev–Trinajstić information content (AvgIpc) is 1.65. The van der Waals surface area contributed by atoms with E-state index in [1.165, 1.54) is 0 Å². The summed E-state index contributed by atoms with van der Waals surface area (Å²) in [7, 11) is 0. The molecule has 0 aromatic carbocycles. The van der Waals surface area contributed by atoms with E-state index in [0.717, 1.165) is 6.54 Å². The Hall–Kier alpha value is -0.0800. The molecule has 0 amide bonds. The van der Waals surface area contributed by atoms with Crippen LogP contribution in [0.4, 0.5) is 0 Å². The van der Waals surface area contributed by atoms with Crippen molar-refractivity contribution in [2.45, 2.75) is 13.0 Å². The van der Waals surface area contributed by atoms with Crippen LogP contribution >= 0.6 is 0 Å². The molecule has 42 valence electrons. The Bertz CT molecular complexity index is 63.1. The third-order valence-electron chi connectivity index (χ3n) is 1.64. The van der Waals surface area contributed by atoms with Crippen LogP contribution in [0.15, 0.2) is 0 Å². The number of aliphatic hydroxyl groups excluding tert-OH is 1. The molecular weight excluding hydrogens is 90.1 g/mol. The molecule has 1 aliphatic rings. The molecule has 0 bridgehead atoms. The zero-order valence-corrected chi connectivity index (χ0v) is 4.52. The third kappa shape index (κ3) is 0.763. The number of aliphatic hydroxyl groups is 1. The maximum absolute atomic E-state index is 8.52. The van der Waals surface area contributed by atoms with Crippen molar-refractivity contribution in [3.63, 3.8) is 0 Å². The second-order valence-corrected chi connectivity index (χ2v) is 2.14. The van der Waals surface area contributed by atoms with E-state index in [1.807, 2.05) is 0 Å². The van der Waals surface area contributed by atoms with Crippen LogP contribution in [0.1, 0.15) is 6.92 Å². The first-order valence-electron chi connectivity index (χ1n) is 2.69. The number of hydrogen-bond donors (Lipinski definition) is 2. The second kappa shape index (κ2) is 1.80. The lowest BCUT2D eigenvalue weighted by atomic mass is 9.95. The van der Waals surface area contributed by atoms with E-state index in [4.69, 9.17) is 5.11 Å². The normalized spacial score (nSPS) is 40.3. The van der Waals surface area contributed by atoms with E-state index in [-0.39, 0.29) is 0 Å². The zero-order valence-electron chi connectivity index (χ0n) is 4.52. The molecular formula is C5H11NO. The van der Waals surface area contributed by atoms with Gasteiger partial charge in [0.25, 0.3) is 0 Å². The first-order valence-corrected chi connectivity index (χ1v) is 2.69. The molecule has 0 aromatic rings. The van der Waals surface area contributed by atoms with Gasteiger partial charge in [-0.1, -0.05) is 0 Å². The van der Waals surface area contributed by atoms with Gasteiger partial charge in [0.1, 0.15) is 0 Å². The summed E-state index contributed by atoms with van der Waals surface area (Å²) in [5.74, 6) is 0.528. The predicted octanol–water partition coefficient (Wildman–Crippen LogP) is -0.413. The molecule has 0 radical (unpaired) electrons. The lowest BCUT2D eigenvalue weighted by molar-refractivity contribution is 0.137. The molecule has 1 rings (SSSR count). The Morgan fingerprint density at radius 1 is 1.86 bits per heavy atom. The van der Waals surface area contributed by atoms with Gasteiger partial charge in [-0.05, 0) is 6.92 Å². The van der Waals surface area contributed by atoms with Crippen LogP contribution in [-0.4, -0.2) is 24.3 Å². The smallest absolute Gasteiger partial charge is 0.0486 e. The molecule has 1 aliphatic heterocycles. The Morgan fingerprint density at radius 3 is 2.57 bits per heavy atom. The van der Waals surface area contributed by atoms with Crippen molar-refractivity contribution in [1.82, 2.24) is 5.32 Å². The molecule has 1 fully saturated rings. The standard InChI is InChI=1S/C5H11NO/c1-4-5(3-7)2-6-4/h4-7H,2-3H2,1H3. The van der Waals surface area contributed by atoms with Gasteiger partial charge in [0, 0.05) is 25.1 Å². The largest absolute Gasteiger partial charge is 0.396 e. The minimum Gasteiger partial charge on any atom is -0.396 e. The minimum atomic E-state index is 0.341. The molecule has 2 unspecified atom stereocenters. The predicted molar refractivity (Wildman–Crippen MR) is 28.0 cm³/mol. The molecule has 2 atom stereocenters. The molecule has 0 saturated carbocycles. The number of nitrogens with one attached hydrogen (secondary N) is 1. The van der Waals surface area contributed by atoms with E-state index >= 15 is 0 Å². The Morgan fingerprint density at radius 2 is 2.57 bits per heavy atom. The highest BCUT2D eigenvalue weighted by Crippen LogP contribution is 2.09. The molecule has 1 saturated heterocycles. The highest BCUT2D eigenvalue weighted by atomic mass is 16.3. The average molecular weight is 101 g/mol. The van der Waals surface area contributed by atoms with Gasteiger partial charge in [-0.25, -0.2) is 0 Å². The highest BCUT2D eigenvalue weighted by molar-refractivity contribution is 4.82. The highest BCUT2D eigenvalue weighted by Gasteiger charge is 2.24. The molecule has 2 N–H and O–H groups in total. The number of hydrogen-bond acceptors (Lipinski definition) is 2. The van der Waals surface area contributed by atoms with Gasteiger partial charge in [-0.15, -0.1) is 0 Å². The van der Waals surface area contributed by atoms with Crippen molar-refractivity contribution >= 4 is 0 Å². The van der Waals surface area contributed by atoms with Gasteiger partial charge in [-0.3, -0.25) is 0 Å². The molecule has 7 heavy (non-hydrogen) atoms. The third-order valence-corrected chi connectivity index (χ3v) is 1.64. The lowest BCUT2D eigenvalue weighted by Crippen LogP contribution is -2.52. The summed E-state index contributed by atoms with van der Waals surface area (Å²) in [6.07, 6.45) is 0. The van der Waals surface area contributed by atoms with Crippen molar-refractivity contribution < 1.29 is 5.11 Å². The van der Waals surface area contributed by atoms with Crippen LogP contribution in [0, 0.1) is 5.92 Å². The maximum atomic E-state index is 8.52. The topological polar surface area (TPSA) is 32.3 Å². The van der Waals surface area contributed by atoms with Gasteiger partial charge in [0.05, 0.1) is 0 Å². The molecule has 2 nitrogen and oxygen atoms in total. The fourth-order valence-corrected chi connectivity index (χ4v) is 0.743. The van der Waals surface area contributed by atoms with Crippen LogP contribution in [-0.2, 0) is 0 Å². The Balaban J connectivity index is 2.16. The zero-order chi connectivity index (χ0) is 5.28. The van der Waals surface area contributed by atoms with Gasteiger partial charge < -0.3 is 10.4 Å². The summed E-state index contributed by atoms with van der Waals surface area (Å²) in [4.78, 5) is 0. The van der Waals surface area contributed by atoms with E-state index in [0.29, 0.717) is 18.6 Å². The van der Waals surface area contributed by atoms with Gasteiger partial charge in [0.2, 0.25) is 0 Å². The SMILES string of the molecule is CC1NCC1CO. The minimum absolute atomic E-state index is 0.341. The van der Waals surface area contributed by atoms with Crippen LogP contribution in [0.3, 0.4) is 0 Å². The summed E-state index contributed by atoms with van der Waals surface area (Å²) in [6.45, 7) is 3.43. The molecule has 1 heterocycles. The van der Waals surface area contributed by atoms with Gasteiger partial charge in [0.15, 0.2) is 0 Å². The quantitative estimate of drug-likeness (QED) is 0.470. The summed E-state index contributed by atoms with van der Waals surface area (Å²) in [6, 6.07) is 0.546. The van der Waals surface area contributed by atoms with E-state index in [1.54, 1.807) is 0 Å². The van der Waals surface area contributed by atoms with E-state index < -0.39 is 0 Å². The summed E-state index contributed by atoms with van der Waals surface area (Å²) in [5, 5.41) is 11.7. The maximum Gasteiger partial charge on any atom is 0.0486 e.